The van der Waals surface area contributed by atoms with E-state index in [9.17, 15) is 4.79 Å². The summed E-state index contributed by atoms with van der Waals surface area (Å²) in [5, 5.41) is 5.10. The number of hydrogen-bond acceptors (Lipinski definition) is 2. The van der Waals surface area contributed by atoms with Gasteiger partial charge in [-0.1, -0.05) is 61.5 Å². The molecule has 3 N–H and O–H groups in total. The van der Waals surface area contributed by atoms with Crippen LogP contribution in [0.25, 0.3) is 0 Å². The zero-order chi connectivity index (χ0) is 19.1. The van der Waals surface area contributed by atoms with E-state index in [0.29, 0.717) is 6.54 Å². The van der Waals surface area contributed by atoms with E-state index in [0.717, 1.165) is 23.3 Å². The molecule has 4 heteroatoms. The van der Waals surface area contributed by atoms with Crippen LogP contribution in [-0.2, 0) is 11.2 Å². The number of furan rings is 1. The lowest BCUT2D eigenvalue weighted by Gasteiger charge is -2.17. The smallest absolute Gasteiger partial charge is 0.275 e. The lowest BCUT2D eigenvalue weighted by Crippen LogP contribution is -2.87. The number of nitrogens with two attached hydrogens (primary N) is 1. The number of quaternary nitrogens is 1. The number of aryl methyl sites for hydroxylation is 1. The second-order valence-corrected chi connectivity index (χ2v) is 6.73. The van der Waals surface area contributed by atoms with Crippen molar-refractivity contribution in [1.29, 1.82) is 0 Å². The maximum atomic E-state index is 12.5. The molecule has 0 saturated heterocycles. The first-order chi connectivity index (χ1) is 13.2. The second kappa shape index (κ2) is 9.19. The number of amides is 1. The fraction of sp³-hybridized carbons (Fsp3) is 0.261. The summed E-state index contributed by atoms with van der Waals surface area (Å²) in [5.74, 6) is 0.853. The Morgan fingerprint density at radius 3 is 2.37 bits per heavy atom. The maximum Gasteiger partial charge on any atom is 0.275 e. The summed E-state index contributed by atoms with van der Waals surface area (Å²) in [7, 11) is 0. The average Bonchev–Trinajstić information content (AvgIpc) is 3.23. The maximum absolute atomic E-state index is 12.5. The van der Waals surface area contributed by atoms with Crippen molar-refractivity contribution in [2.24, 2.45) is 0 Å². The van der Waals surface area contributed by atoms with Crippen LogP contribution in [0.2, 0.25) is 0 Å². The molecule has 3 aromatic rings. The van der Waals surface area contributed by atoms with Crippen LogP contribution >= 0.6 is 0 Å². The Morgan fingerprint density at radius 2 is 1.74 bits per heavy atom. The highest BCUT2D eigenvalue weighted by Gasteiger charge is 2.22. The molecule has 0 aliphatic heterocycles. The van der Waals surface area contributed by atoms with Crippen molar-refractivity contribution in [3.63, 3.8) is 0 Å². The molecule has 0 fully saturated rings. The van der Waals surface area contributed by atoms with Gasteiger partial charge in [-0.15, -0.1) is 0 Å². The summed E-state index contributed by atoms with van der Waals surface area (Å²) in [5.41, 5.74) is 3.53. The minimum atomic E-state index is -0.0360. The number of carbonyl (C=O) groups is 1. The lowest BCUT2D eigenvalue weighted by molar-refractivity contribution is -0.678. The van der Waals surface area contributed by atoms with E-state index in [1.54, 1.807) is 6.26 Å². The van der Waals surface area contributed by atoms with Crippen molar-refractivity contribution in [1.82, 2.24) is 5.32 Å². The van der Waals surface area contributed by atoms with Gasteiger partial charge in [-0.05, 0) is 36.6 Å². The number of hydrogen-bond donors (Lipinski definition) is 2. The van der Waals surface area contributed by atoms with Gasteiger partial charge in [-0.3, -0.25) is 4.79 Å². The van der Waals surface area contributed by atoms with Crippen molar-refractivity contribution in [2.45, 2.75) is 32.4 Å². The Bertz CT molecular complexity index is 827. The highest BCUT2D eigenvalue weighted by Crippen LogP contribution is 2.18. The van der Waals surface area contributed by atoms with Crippen molar-refractivity contribution < 1.29 is 14.5 Å². The van der Waals surface area contributed by atoms with Gasteiger partial charge in [0.1, 0.15) is 0 Å². The van der Waals surface area contributed by atoms with Crippen molar-refractivity contribution in [2.75, 3.05) is 6.54 Å². The highest BCUT2D eigenvalue weighted by atomic mass is 16.3. The number of nitrogens with one attached hydrogen (secondary N) is 1. The molecule has 0 bridgehead atoms. The monoisotopic (exact) mass is 363 g/mol. The normalized spacial score (nSPS) is 13.1. The predicted octanol–water partition coefficient (Wildman–Crippen LogP) is 3.37. The van der Waals surface area contributed by atoms with Crippen molar-refractivity contribution >= 4 is 5.91 Å². The number of rotatable bonds is 8. The summed E-state index contributed by atoms with van der Waals surface area (Å²) >= 11 is 0. The van der Waals surface area contributed by atoms with E-state index in [1.165, 1.54) is 5.56 Å². The van der Waals surface area contributed by atoms with Crippen LogP contribution in [0.4, 0.5) is 0 Å². The molecule has 1 amide bonds. The molecule has 0 unspecified atom stereocenters. The molecule has 2 aromatic carbocycles. The Kier molecular flexibility index (Phi) is 6.44. The molecule has 1 heterocycles. The molecule has 27 heavy (non-hydrogen) atoms. The van der Waals surface area contributed by atoms with Crippen LogP contribution in [0, 0.1) is 0 Å². The SMILES string of the molecule is CCc1ccc([C@@H](C)NC(=O)C[NH2+][C@H](c2ccccc2)c2ccco2)cc1. The predicted molar refractivity (Wildman–Crippen MR) is 106 cm³/mol. The first-order valence-corrected chi connectivity index (χ1v) is 9.47. The van der Waals surface area contributed by atoms with Gasteiger partial charge in [-0.2, -0.15) is 0 Å². The zero-order valence-corrected chi connectivity index (χ0v) is 15.9. The van der Waals surface area contributed by atoms with Crippen LogP contribution in [0.15, 0.2) is 77.4 Å². The lowest BCUT2D eigenvalue weighted by atomic mass is 10.0. The minimum absolute atomic E-state index is 0.00885. The Balaban J connectivity index is 1.60. The van der Waals surface area contributed by atoms with Gasteiger partial charge in [0.25, 0.3) is 5.91 Å². The molecule has 1 aromatic heterocycles. The minimum Gasteiger partial charge on any atom is -0.463 e. The van der Waals surface area contributed by atoms with Gasteiger partial charge < -0.3 is 15.1 Å². The quantitative estimate of drug-likeness (QED) is 0.645. The van der Waals surface area contributed by atoms with E-state index < -0.39 is 0 Å². The molecule has 140 valence electrons. The molecule has 3 rings (SSSR count). The summed E-state index contributed by atoms with van der Waals surface area (Å²) in [6.07, 6.45) is 2.69. The van der Waals surface area contributed by atoms with Crippen LogP contribution in [0.3, 0.4) is 0 Å². The molecule has 0 aliphatic carbocycles. The van der Waals surface area contributed by atoms with E-state index in [4.69, 9.17) is 4.42 Å². The van der Waals surface area contributed by atoms with E-state index in [-0.39, 0.29) is 18.0 Å². The molecule has 2 atom stereocenters. The fourth-order valence-corrected chi connectivity index (χ4v) is 3.20. The molecule has 0 radical (unpaired) electrons. The van der Waals surface area contributed by atoms with Gasteiger partial charge in [-0.25, -0.2) is 0 Å². The van der Waals surface area contributed by atoms with Crippen LogP contribution in [0.1, 0.15) is 48.4 Å². The van der Waals surface area contributed by atoms with Crippen LogP contribution in [0.5, 0.6) is 0 Å². The molecule has 4 nitrogen and oxygen atoms in total. The third kappa shape index (κ3) is 5.08. The first-order valence-electron chi connectivity index (χ1n) is 9.47. The largest absolute Gasteiger partial charge is 0.463 e. The van der Waals surface area contributed by atoms with Gasteiger partial charge in [0, 0.05) is 5.56 Å². The number of benzene rings is 2. The Labute approximate surface area is 160 Å². The molecular formula is C23H27N2O2+. The van der Waals surface area contributed by atoms with Crippen LogP contribution in [-0.4, -0.2) is 12.5 Å². The van der Waals surface area contributed by atoms with Crippen molar-refractivity contribution in [3.8, 4) is 0 Å². The molecule has 0 saturated carbocycles. The second-order valence-electron chi connectivity index (χ2n) is 6.73. The molecule has 0 spiro atoms. The summed E-state index contributed by atoms with van der Waals surface area (Å²) in [4.78, 5) is 12.5. The molecular weight excluding hydrogens is 336 g/mol. The third-order valence-corrected chi connectivity index (χ3v) is 4.81. The highest BCUT2D eigenvalue weighted by molar-refractivity contribution is 5.77. The van der Waals surface area contributed by atoms with E-state index in [1.807, 2.05) is 42.6 Å². The van der Waals surface area contributed by atoms with E-state index in [2.05, 4.69) is 48.6 Å². The molecule has 0 aliphatic rings. The Morgan fingerprint density at radius 1 is 1.00 bits per heavy atom. The van der Waals surface area contributed by atoms with Crippen LogP contribution < -0.4 is 10.6 Å². The standard InChI is InChI=1S/C23H26N2O2/c1-3-18-11-13-19(14-12-18)17(2)25-22(26)16-24-23(21-10-7-15-27-21)20-8-5-4-6-9-20/h4-15,17,23-24H,3,16H2,1-2H3,(H,25,26)/p+1/t17-,23-/m1/s1. The van der Waals surface area contributed by atoms with E-state index >= 15 is 0 Å². The summed E-state index contributed by atoms with van der Waals surface area (Å²) in [6, 6.07) is 22.3. The first kappa shape index (κ1) is 18.9. The van der Waals surface area contributed by atoms with Crippen molar-refractivity contribution in [3.05, 3.63) is 95.4 Å². The zero-order valence-electron chi connectivity index (χ0n) is 15.9. The third-order valence-electron chi connectivity index (χ3n) is 4.81. The summed E-state index contributed by atoms with van der Waals surface area (Å²) in [6.45, 7) is 4.48. The topological polar surface area (TPSA) is 58.9 Å². The van der Waals surface area contributed by atoms with Gasteiger partial charge in [0.2, 0.25) is 0 Å². The fourth-order valence-electron chi connectivity index (χ4n) is 3.20. The summed E-state index contributed by atoms with van der Waals surface area (Å²) < 4.78 is 5.59. The van der Waals surface area contributed by atoms with Gasteiger partial charge >= 0.3 is 0 Å². The van der Waals surface area contributed by atoms with Gasteiger partial charge in [0.15, 0.2) is 18.3 Å². The number of carbonyl (C=O) groups excluding carboxylic acids is 1. The Hall–Kier alpha value is -2.85. The van der Waals surface area contributed by atoms with Gasteiger partial charge in [0.05, 0.1) is 12.3 Å². The average molecular weight is 363 g/mol.